The van der Waals surface area contributed by atoms with Gasteiger partial charge in [0.1, 0.15) is 0 Å². The zero-order valence-corrected chi connectivity index (χ0v) is 16.2. The molecule has 1 atom stereocenters. The van der Waals surface area contributed by atoms with Crippen LogP contribution in [0.4, 0.5) is 0 Å². The van der Waals surface area contributed by atoms with Crippen molar-refractivity contribution in [2.24, 2.45) is 0 Å². The summed E-state index contributed by atoms with van der Waals surface area (Å²) in [7, 11) is 0. The van der Waals surface area contributed by atoms with Gasteiger partial charge in [-0.15, -0.1) is 11.3 Å². The fourth-order valence-electron chi connectivity index (χ4n) is 2.78. The molecule has 1 aromatic carbocycles. The van der Waals surface area contributed by atoms with E-state index < -0.39 is 0 Å². The van der Waals surface area contributed by atoms with Gasteiger partial charge in [-0.2, -0.15) is 0 Å². The molecule has 7 heteroatoms. The maximum Gasteiger partial charge on any atom is 0.261 e. The molecule has 0 unspecified atom stereocenters. The summed E-state index contributed by atoms with van der Waals surface area (Å²) in [5.74, 6) is -0.0592. The number of nitrogens with zero attached hydrogens (tertiary/aromatic N) is 1. The lowest BCUT2D eigenvalue weighted by Gasteiger charge is -2.35. The number of rotatable bonds is 5. The second kappa shape index (κ2) is 8.45. The lowest BCUT2D eigenvalue weighted by molar-refractivity contribution is 0.0162. The Hall–Kier alpha value is -0.920. The third kappa shape index (κ3) is 4.37. The Morgan fingerprint density at radius 2 is 2.04 bits per heavy atom. The van der Waals surface area contributed by atoms with Gasteiger partial charge >= 0.3 is 0 Å². The number of halogens is 2. The molecule has 24 heavy (non-hydrogen) atoms. The Morgan fingerprint density at radius 3 is 2.71 bits per heavy atom. The molecule has 2 heterocycles. The van der Waals surface area contributed by atoms with Crippen molar-refractivity contribution in [2.45, 2.75) is 6.04 Å². The zero-order valence-electron chi connectivity index (χ0n) is 13.0. The summed E-state index contributed by atoms with van der Waals surface area (Å²) in [4.78, 5) is 15.4. The number of hydrogen-bond donors (Lipinski definition) is 1. The number of benzene rings is 1. The van der Waals surface area contributed by atoms with E-state index in [0.717, 1.165) is 27.5 Å². The highest BCUT2D eigenvalue weighted by Crippen LogP contribution is 2.28. The smallest absolute Gasteiger partial charge is 0.261 e. The van der Waals surface area contributed by atoms with E-state index in [9.17, 15) is 4.79 Å². The van der Waals surface area contributed by atoms with Gasteiger partial charge in [0.05, 0.1) is 27.9 Å². The van der Waals surface area contributed by atoms with E-state index in [1.807, 2.05) is 36.4 Å². The van der Waals surface area contributed by atoms with Gasteiger partial charge in [-0.05, 0) is 39.7 Å². The average molecular weight is 430 g/mol. The van der Waals surface area contributed by atoms with Crippen LogP contribution in [0.2, 0.25) is 5.02 Å². The molecule has 3 rings (SSSR count). The fraction of sp³-hybridized carbons (Fsp3) is 0.353. The average Bonchev–Trinajstić information content (AvgIpc) is 3.04. The molecule has 1 saturated heterocycles. The van der Waals surface area contributed by atoms with Crippen molar-refractivity contribution in [2.75, 3.05) is 32.8 Å². The van der Waals surface area contributed by atoms with Crippen LogP contribution in [0.25, 0.3) is 0 Å². The monoisotopic (exact) mass is 428 g/mol. The molecule has 1 fully saturated rings. The molecule has 128 valence electrons. The van der Waals surface area contributed by atoms with Crippen LogP contribution in [0.1, 0.15) is 21.3 Å². The molecular weight excluding hydrogens is 412 g/mol. The molecule has 0 aliphatic carbocycles. The van der Waals surface area contributed by atoms with Crippen LogP contribution in [0.3, 0.4) is 0 Å². The summed E-state index contributed by atoms with van der Waals surface area (Å²) in [6.07, 6.45) is 0. The molecule has 0 spiro atoms. The van der Waals surface area contributed by atoms with Gasteiger partial charge in [0, 0.05) is 24.7 Å². The van der Waals surface area contributed by atoms with Crippen molar-refractivity contribution < 1.29 is 9.53 Å². The fourth-order valence-corrected chi connectivity index (χ4v) is 4.35. The number of morpholine rings is 1. The van der Waals surface area contributed by atoms with Crippen LogP contribution in [0, 0.1) is 0 Å². The number of ether oxygens (including phenoxy) is 1. The van der Waals surface area contributed by atoms with Crippen LogP contribution in [0.15, 0.2) is 40.2 Å². The van der Waals surface area contributed by atoms with Crippen LogP contribution >= 0.6 is 38.9 Å². The van der Waals surface area contributed by atoms with E-state index in [0.29, 0.717) is 24.6 Å². The van der Waals surface area contributed by atoms with Crippen molar-refractivity contribution in [1.29, 1.82) is 0 Å². The Bertz CT molecular complexity index is 703. The number of amides is 1. The highest BCUT2D eigenvalue weighted by molar-refractivity contribution is 9.11. The first-order valence-electron chi connectivity index (χ1n) is 7.75. The first-order valence-corrected chi connectivity index (χ1v) is 9.73. The topological polar surface area (TPSA) is 41.6 Å². The molecule has 1 aromatic heterocycles. The molecule has 0 saturated carbocycles. The van der Waals surface area contributed by atoms with E-state index in [1.54, 1.807) is 0 Å². The van der Waals surface area contributed by atoms with Gasteiger partial charge in [-0.25, -0.2) is 0 Å². The third-order valence-corrected chi connectivity index (χ3v) is 5.97. The SMILES string of the molecule is O=C(NC[C@@H](c1ccccc1Cl)N1CCOCC1)c1ccc(Br)s1. The van der Waals surface area contributed by atoms with Crippen LogP contribution < -0.4 is 5.32 Å². The normalized spacial score (nSPS) is 16.8. The predicted molar refractivity (Wildman–Crippen MR) is 101 cm³/mol. The standard InChI is InChI=1S/C17H18BrClN2O2S/c18-16-6-5-15(24-16)17(22)20-11-14(21-7-9-23-10-8-21)12-3-1-2-4-13(12)19/h1-6,14H,7-11H2,(H,20,22)/t14-/m0/s1. The van der Waals surface area contributed by atoms with Gasteiger partial charge in [-0.1, -0.05) is 29.8 Å². The summed E-state index contributed by atoms with van der Waals surface area (Å²) in [5.41, 5.74) is 1.04. The number of carbonyl (C=O) groups excluding carboxylic acids is 1. The first-order chi connectivity index (χ1) is 11.6. The minimum absolute atomic E-state index is 0.0370. The van der Waals surface area contributed by atoms with Crippen molar-refractivity contribution >= 4 is 44.8 Å². The molecule has 1 amide bonds. The molecule has 0 bridgehead atoms. The van der Waals surface area contributed by atoms with E-state index in [1.165, 1.54) is 11.3 Å². The van der Waals surface area contributed by atoms with Gasteiger partial charge in [-0.3, -0.25) is 9.69 Å². The molecule has 1 aliphatic rings. The molecule has 1 N–H and O–H groups in total. The van der Waals surface area contributed by atoms with E-state index >= 15 is 0 Å². The Labute approximate surface area is 158 Å². The minimum atomic E-state index is -0.0592. The van der Waals surface area contributed by atoms with Crippen molar-refractivity contribution in [3.8, 4) is 0 Å². The predicted octanol–water partition coefficient (Wildman–Crippen LogP) is 3.97. The Morgan fingerprint density at radius 1 is 1.29 bits per heavy atom. The third-order valence-electron chi connectivity index (χ3n) is 4.00. The number of nitrogens with one attached hydrogen (secondary N) is 1. The number of hydrogen-bond acceptors (Lipinski definition) is 4. The van der Waals surface area contributed by atoms with Crippen LogP contribution in [-0.2, 0) is 4.74 Å². The van der Waals surface area contributed by atoms with Crippen molar-refractivity contribution in [3.63, 3.8) is 0 Å². The van der Waals surface area contributed by atoms with Crippen molar-refractivity contribution in [1.82, 2.24) is 10.2 Å². The molecule has 4 nitrogen and oxygen atoms in total. The van der Waals surface area contributed by atoms with Crippen molar-refractivity contribution in [3.05, 3.63) is 55.6 Å². The van der Waals surface area contributed by atoms with Gasteiger partial charge < -0.3 is 10.1 Å². The summed E-state index contributed by atoms with van der Waals surface area (Å²) in [5, 5.41) is 3.77. The zero-order chi connectivity index (χ0) is 16.9. The quantitative estimate of drug-likeness (QED) is 0.782. The van der Waals surface area contributed by atoms with Gasteiger partial charge in [0.25, 0.3) is 5.91 Å². The molecule has 1 aliphatic heterocycles. The number of carbonyl (C=O) groups is 1. The highest BCUT2D eigenvalue weighted by atomic mass is 79.9. The molecule has 2 aromatic rings. The lowest BCUT2D eigenvalue weighted by Crippen LogP contribution is -2.43. The van der Waals surface area contributed by atoms with E-state index in [2.05, 4.69) is 26.1 Å². The van der Waals surface area contributed by atoms with Crippen LogP contribution in [-0.4, -0.2) is 43.7 Å². The van der Waals surface area contributed by atoms with E-state index in [4.69, 9.17) is 16.3 Å². The lowest BCUT2D eigenvalue weighted by atomic mass is 10.0. The minimum Gasteiger partial charge on any atom is -0.379 e. The highest BCUT2D eigenvalue weighted by Gasteiger charge is 2.25. The van der Waals surface area contributed by atoms with Gasteiger partial charge in [0.15, 0.2) is 0 Å². The number of thiophene rings is 1. The summed E-state index contributed by atoms with van der Waals surface area (Å²) < 4.78 is 6.40. The largest absolute Gasteiger partial charge is 0.379 e. The summed E-state index contributed by atoms with van der Waals surface area (Å²) in [6, 6.07) is 11.6. The second-order valence-electron chi connectivity index (χ2n) is 5.50. The first kappa shape index (κ1) is 17.9. The van der Waals surface area contributed by atoms with E-state index in [-0.39, 0.29) is 11.9 Å². The second-order valence-corrected chi connectivity index (χ2v) is 8.37. The molecular formula is C17H18BrClN2O2S. The maximum atomic E-state index is 12.4. The summed E-state index contributed by atoms with van der Waals surface area (Å²) in [6.45, 7) is 3.57. The maximum absolute atomic E-state index is 12.4. The Balaban J connectivity index is 1.74. The summed E-state index contributed by atoms with van der Waals surface area (Å²) >= 11 is 11.2. The van der Waals surface area contributed by atoms with Gasteiger partial charge in [0.2, 0.25) is 0 Å². The molecule has 0 radical (unpaired) electrons. The Kier molecular flexibility index (Phi) is 6.30. The van der Waals surface area contributed by atoms with Crippen LogP contribution in [0.5, 0.6) is 0 Å².